The number of hydrogen-bond donors (Lipinski definition) is 2. The van der Waals surface area contributed by atoms with Crippen LogP contribution >= 0.6 is 0 Å². The summed E-state index contributed by atoms with van der Waals surface area (Å²) in [5.41, 5.74) is 0.827. The average Bonchev–Trinajstić information content (AvgIpc) is 3.21. The predicted molar refractivity (Wildman–Crippen MR) is 99.5 cm³/mol. The molecule has 2 aliphatic carbocycles. The van der Waals surface area contributed by atoms with E-state index in [9.17, 15) is 0 Å². The summed E-state index contributed by atoms with van der Waals surface area (Å²) >= 11 is 0. The van der Waals surface area contributed by atoms with Crippen LogP contribution in [0.15, 0.2) is 4.99 Å². The minimum Gasteiger partial charge on any atom is -0.385 e. The molecule has 0 radical (unpaired) electrons. The molecule has 0 amide bonds. The molecule has 0 spiro atoms. The van der Waals surface area contributed by atoms with Crippen molar-refractivity contribution in [2.75, 3.05) is 47.1 Å². The van der Waals surface area contributed by atoms with Gasteiger partial charge in [0.1, 0.15) is 0 Å². The van der Waals surface area contributed by atoms with Gasteiger partial charge in [0, 0.05) is 47.1 Å². The highest BCUT2D eigenvalue weighted by Gasteiger charge is 2.42. The predicted octanol–water partition coefficient (Wildman–Crippen LogP) is 2.96. The summed E-state index contributed by atoms with van der Waals surface area (Å²) in [4.78, 5) is 4.42. The van der Waals surface area contributed by atoms with E-state index < -0.39 is 0 Å². The minimum absolute atomic E-state index is 0.389. The number of guanidine groups is 1. The molecule has 5 heteroatoms. The first-order chi connectivity index (χ1) is 11.7. The fourth-order valence-electron chi connectivity index (χ4n) is 3.85. The maximum absolute atomic E-state index is 5.52. The van der Waals surface area contributed by atoms with Crippen molar-refractivity contribution in [3.8, 4) is 0 Å². The zero-order valence-electron chi connectivity index (χ0n) is 16.0. The Morgan fingerprint density at radius 3 is 2.04 bits per heavy atom. The number of hydrogen-bond acceptors (Lipinski definition) is 3. The second kappa shape index (κ2) is 9.62. The maximum atomic E-state index is 5.52. The Bertz CT molecular complexity index is 388. The van der Waals surface area contributed by atoms with Crippen LogP contribution in [-0.2, 0) is 9.47 Å². The van der Waals surface area contributed by atoms with Gasteiger partial charge < -0.3 is 20.1 Å². The van der Waals surface area contributed by atoms with Crippen LogP contribution in [0.5, 0.6) is 0 Å². The third-order valence-electron chi connectivity index (χ3n) is 5.92. The molecule has 140 valence electrons. The van der Waals surface area contributed by atoms with E-state index in [2.05, 4.69) is 22.5 Å². The molecule has 2 N–H and O–H groups in total. The van der Waals surface area contributed by atoms with Gasteiger partial charge in [-0.15, -0.1) is 0 Å². The fourth-order valence-corrected chi connectivity index (χ4v) is 3.85. The molecular weight excluding hydrogens is 302 g/mol. The minimum atomic E-state index is 0.389. The maximum Gasteiger partial charge on any atom is 0.191 e. The van der Waals surface area contributed by atoms with E-state index in [1.807, 2.05) is 7.05 Å². The van der Waals surface area contributed by atoms with E-state index in [1.165, 1.54) is 38.5 Å². The first-order valence-electron chi connectivity index (χ1n) is 9.69. The van der Waals surface area contributed by atoms with Gasteiger partial charge in [-0.2, -0.15) is 0 Å². The molecule has 0 aromatic rings. The number of rotatable bonds is 11. The molecule has 0 atom stereocenters. The second-order valence-electron chi connectivity index (χ2n) is 7.68. The van der Waals surface area contributed by atoms with Crippen LogP contribution < -0.4 is 10.6 Å². The van der Waals surface area contributed by atoms with E-state index in [1.54, 1.807) is 7.11 Å². The molecule has 2 fully saturated rings. The van der Waals surface area contributed by atoms with Gasteiger partial charge in [0.05, 0.1) is 0 Å². The van der Waals surface area contributed by atoms with Gasteiger partial charge in [0.2, 0.25) is 0 Å². The third kappa shape index (κ3) is 5.92. The molecule has 0 saturated heterocycles. The van der Waals surface area contributed by atoms with Gasteiger partial charge in [0.25, 0.3) is 0 Å². The molecule has 0 heterocycles. The smallest absolute Gasteiger partial charge is 0.191 e. The molecule has 0 unspecified atom stereocenters. The first-order valence-corrected chi connectivity index (χ1v) is 9.69. The lowest BCUT2D eigenvalue weighted by molar-refractivity contribution is 0.128. The molecular formula is C19H37N3O2. The van der Waals surface area contributed by atoms with Crippen molar-refractivity contribution >= 4 is 5.96 Å². The fraction of sp³-hybridized carbons (Fsp3) is 0.947. The summed E-state index contributed by atoms with van der Waals surface area (Å²) in [7, 11) is 3.67. The topological polar surface area (TPSA) is 54.9 Å². The van der Waals surface area contributed by atoms with E-state index in [-0.39, 0.29) is 0 Å². The van der Waals surface area contributed by atoms with Gasteiger partial charge in [-0.1, -0.05) is 12.8 Å². The van der Waals surface area contributed by atoms with Gasteiger partial charge in [-0.25, -0.2) is 0 Å². The summed E-state index contributed by atoms with van der Waals surface area (Å²) in [5.74, 6) is 0.946. The molecule has 2 saturated carbocycles. The van der Waals surface area contributed by atoms with Crippen LogP contribution in [-0.4, -0.2) is 53.0 Å². The summed E-state index contributed by atoms with van der Waals surface area (Å²) in [6, 6.07) is 0. The van der Waals surface area contributed by atoms with Gasteiger partial charge in [-0.3, -0.25) is 4.99 Å². The van der Waals surface area contributed by atoms with Crippen LogP contribution in [0.3, 0.4) is 0 Å². The highest BCUT2D eigenvalue weighted by molar-refractivity contribution is 5.79. The lowest BCUT2D eigenvalue weighted by Gasteiger charge is -2.30. The van der Waals surface area contributed by atoms with E-state index in [4.69, 9.17) is 9.47 Å². The molecule has 0 aromatic carbocycles. The number of methoxy groups -OCH3 is 1. The molecule has 5 nitrogen and oxygen atoms in total. The first kappa shape index (κ1) is 19.5. The van der Waals surface area contributed by atoms with E-state index >= 15 is 0 Å². The van der Waals surface area contributed by atoms with Crippen molar-refractivity contribution in [2.45, 2.75) is 58.3 Å². The van der Waals surface area contributed by atoms with Gasteiger partial charge >= 0.3 is 0 Å². The van der Waals surface area contributed by atoms with Crippen molar-refractivity contribution in [3.05, 3.63) is 0 Å². The summed E-state index contributed by atoms with van der Waals surface area (Å²) < 4.78 is 10.8. The number of nitrogens with zero attached hydrogens (tertiary/aromatic N) is 1. The monoisotopic (exact) mass is 339 g/mol. The van der Waals surface area contributed by atoms with Crippen molar-refractivity contribution in [3.63, 3.8) is 0 Å². The van der Waals surface area contributed by atoms with Crippen LogP contribution in [0.25, 0.3) is 0 Å². The number of nitrogens with one attached hydrogen (secondary N) is 2. The Balaban J connectivity index is 1.73. The molecule has 0 aliphatic heterocycles. The van der Waals surface area contributed by atoms with Crippen molar-refractivity contribution in [1.82, 2.24) is 10.6 Å². The summed E-state index contributed by atoms with van der Waals surface area (Å²) in [5, 5.41) is 7.13. The lowest BCUT2D eigenvalue weighted by atomic mass is 9.83. The Labute approximate surface area is 148 Å². The standard InChI is InChI=1S/C19H37N3O2/c1-4-24-14-12-19(9-10-19)16-22-17(20-2)21-15-18(11-13-23-3)7-5-6-8-18/h4-16H2,1-3H3,(H2,20,21,22). The SMILES string of the molecule is CCOCCC1(CNC(=NC)NCC2(CCOC)CCCC2)CC1. The zero-order valence-corrected chi connectivity index (χ0v) is 16.0. The molecule has 2 aliphatic rings. The molecule has 2 rings (SSSR count). The summed E-state index contributed by atoms with van der Waals surface area (Å²) in [6.07, 6.45) is 10.2. The Morgan fingerprint density at radius 1 is 0.958 bits per heavy atom. The van der Waals surface area contributed by atoms with Gasteiger partial charge in [0.15, 0.2) is 5.96 Å². The van der Waals surface area contributed by atoms with Crippen molar-refractivity contribution in [1.29, 1.82) is 0 Å². The van der Waals surface area contributed by atoms with Crippen molar-refractivity contribution < 1.29 is 9.47 Å². The van der Waals surface area contributed by atoms with Gasteiger partial charge in [-0.05, 0) is 56.3 Å². The van der Waals surface area contributed by atoms with Crippen LogP contribution in [0, 0.1) is 10.8 Å². The Morgan fingerprint density at radius 2 is 1.54 bits per heavy atom. The number of aliphatic imine (C=N–C) groups is 1. The third-order valence-corrected chi connectivity index (χ3v) is 5.92. The normalized spacial score (nSPS) is 21.7. The Hall–Kier alpha value is -0.810. The summed E-state index contributed by atoms with van der Waals surface area (Å²) in [6.45, 7) is 6.62. The zero-order chi connectivity index (χ0) is 17.3. The number of ether oxygens (including phenoxy) is 2. The quantitative estimate of drug-likeness (QED) is 0.345. The molecule has 0 aromatic heterocycles. The largest absolute Gasteiger partial charge is 0.385 e. The second-order valence-corrected chi connectivity index (χ2v) is 7.68. The average molecular weight is 340 g/mol. The highest BCUT2D eigenvalue weighted by Crippen LogP contribution is 2.48. The van der Waals surface area contributed by atoms with Crippen LogP contribution in [0.2, 0.25) is 0 Å². The van der Waals surface area contributed by atoms with Crippen LogP contribution in [0.1, 0.15) is 58.3 Å². The Kier molecular flexibility index (Phi) is 7.82. The van der Waals surface area contributed by atoms with E-state index in [0.717, 1.165) is 51.7 Å². The molecule has 24 heavy (non-hydrogen) atoms. The highest BCUT2D eigenvalue weighted by atomic mass is 16.5. The van der Waals surface area contributed by atoms with E-state index in [0.29, 0.717) is 10.8 Å². The van der Waals surface area contributed by atoms with Crippen molar-refractivity contribution in [2.24, 2.45) is 15.8 Å². The molecule has 0 bridgehead atoms. The lowest BCUT2D eigenvalue weighted by Crippen LogP contribution is -2.45. The van der Waals surface area contributed by atoms with Crippen LogP contribution in [0.4, 0.5) is 0 Å².